The van der Waals surface area contributed by atoms with Crippen molar-refractivity contribution in [1.29, 1.82) is 0 Å². The van der Waals surface area contributed by atoms with E-state index in [9.17, 15) is 0 Å². The molecule has 1 heterocycles. The Hall–Kier alpha value is -0.850. The van der Waals surface area contributed by atoms with E-state index in [0.29, 0.717) is 0 Å². The third kappa shape index (κ3) is 3.13. The first-order valence-electron chi connectivity index (χ1n) is 4.84. The maximum Gasteiger partial charge on any atom is 0.157 e. The van der Waals surface area contributed by atoms with Gasteiger partial charge < -0.3 is 15.7 Å². The van der Waals surface area contributed by atoms with Gasteiger partial charge in [-0.15, -0.1) is 0 Å². The number of nitrogens with zero attached hydrogens (tertiary/aromatic N) is 2. The van der Waals surface area contributed by atoms with E-state index in [-0.39, 0.29) is 11.9 Å². The van der Waals surface area contributed by atoms with Crippen LogP contribution in [0.5, 0.6) is 0 Å². The summed E-state index contributed by atoms with van der Waals surface area (Å²) < 4.78 is 5.21. The second-order valence-electron chi connectivity index (χ2n) is 3.21. The van der Waals surface area contributed by atoms with Gasteiger partial charge in [0, 0.05) is 13.1 Å². The molecule has 1 aliphatic rings. The van der Waals surface area contributed by atoms with Gasteiger partial charge >= 0.3 is 0 Å². The van der Waals surface area contributed by atoms with Gasteiger partial charge in [-0.1, -0.05) is 12.1 Å². The lowest BCUT2D eigenvalue weighted by Gasteiger charge is -2.30. The van der Waals surface area contributed by atoms with Crippen molar-refractivity contribution in [3.05, 3.63) is 0 Å². The minimum atomic E-state index is -0.0990. The highest BCUT2D eigenvalue weighted by Gasteiger charge is 2.17. The van der Waals surface area contributed by atoms with Crippen molar-refractivity contribution in [2.45, 2.75) is 19.4 Å². The van der Waals surface area contributed by atoms with E-state index in [0.717, 1.165) is 32.7 Å². The van der Waals surface area contributed by atoms with Gasteiger partial charge in [0.2, 0.25) is 0 Å². The van der Waals surface area contributed by atoms with Crippen molar-refractivity contribution in [1.82, 2.24) is 10.4 Å². The molecule has 0 aliphatic carbocycles. The lowest BCUT2D eigenvalue weighted by molar-refractivity contribution is 0.00805. The van der Waals surface area contributed by atoms with Crippen LogP contribution in [0.4, 0.5) is 0 Å². The number of nitrogens with two attached hydrogens (primary N) is 1. The van der Waals surface area contributed by atoms with Crippen LogP contribution in [-0.2, 0) is 4.74 Å². The zero-order valence-corrected chi connectivity index (χ0v) is 8.44. The first-order valence-corrected chi connectivity index (χ1v) is 4.84. The molecule has 0 saturated carbocycles. The Morgan fingerprint density at radius 1 is 1.64 bits per heavy atom. The topological polar surface area (TPSA) is 83.1 Å². The molecule has 1 unspecified atom stereocenters. The highest BCUT2D eigenvalue weighted by Crippen LogP contribution is 1.97. The number of amidine groups is 1. The Balaban J connectivity index is 2.38. The van der Waals surface area contributed by atoms with Crippen LogP contribution in [0.2, 0.25) is 0 Å². The van der Waals surface area contributed by atoms with Gasteiger partial charge in [-0.3, -0.25) is 0 Å². The molecule has 82 valence electrons. The van der Waals surface area contributed by atoms with Gasteiger partial charge in [-0.2, -0.15) is 0 Å². The molecule has 0 spiro atoms. The van der Waals surface area contributed by atoms with E-state index in [1.807, 2.05) is 11.9 Å². The van der Waals surface area contributed by atoms with E-state index in [1.54, 1.807) is 0 Å². The summed E-state index contributed by atoms with van der Waals surface area (Å²) in [6.07, 6.45) is 0.785. The summed E-state index contributed by atoms with van der Waals surface area (Å²) in [6.45, 7) is 5.08. The molecule has 6 nitrogen and oxygen atoms in total. The Labute approximate surface area is 83.7 Å². The molecule has 1 atom stereocenters. The van der Waals surface area contributed by atoms with E-state index in [4.69, 9.17) is 15.7 Å². The maximum atomic E-state index is 8.55. The number of hydrazine groups is 1. The summed E-state index contributed by atoms with van der Waals surface area (Å²) in [5.41, 5.74) is 8.72. The summed E-state index contributed by atoms with van der Waals surface area (Å²) in [6, 6.07) is -0.0990. The van der Waals surface area contributed by atoms with E-state index < -0.39 is 0 Å². The van der Waals surface area contributed by atoms with Crippen molar-refractivity contribution < 1.29 is 9.94 Å². The Bertz CT molecular complexity index is 192. The summed E-state index contributed by atoms with van der Waals surface area (Å²) >= 11 is 0. The monoisotopic (exact) mass is 202 g/mol. The average molecular weight is 202 g/mol. The Morgan fingerprint density at radius 2 is 2.29 bits per heavy atom. The second kappa shape index (κ2) is 5.79. The van der Waals surface area contributed by atoms with Crippen LogP contribution in [0.25, 0.3) is 0 Å². The van der Waals surface area contributed by atoms with Crippen molar-refractivity contribution in [2.75, 3.05) is 26.3 Å². The molecule has 6 heteroatoms. The van der Waals surface area contributed by atoms with Crippen LogP contribution < -0.4 is 11.2 Å². The molecule has 0 aromatic rings. The predicted octanol–water partition coefficient (Wildman–Crippen LogP) is -0.652. The Kier molecular flexibility index (Phi) is 4.64. The summed E-state index contributed by atoms with van der Waals surface area (Å²) in [7, 11) is 0. The fourth-order valence-electron chi connectivity index (χ4n) is 1.35. The molecule has 0 aromatic carbocycles. The standard InChI is InChI=1S/C8H18N4O2/c1-2-7(8(9)11-13)10-12-3-5-14-6-4-12/h7,10,13H,2-6H2,1H3,(H2,9,11). The lowest BCUT2D eigenvalue weighted by atomic mass is 10.2. The van der Waals surface area contributed by atoms with Gasteiger partial charge in [0.05, 0.1) is 19.3 Å². The van der Waals surface area contributed by atoms with E-state index >= 15 is 0 Å². The van der Waals surface area contributed by atoms with Crippen molar-refractivity contribution >= 4 is 5.84 Å². The minimum absolute atomic E-state index is 0.0990. The Morgan fingerprint density at radius 3 is 2.79 bits per heavy atom. The molecule has 0 aromatic heterocycles. The largest absolute Gasteiger partial charge is 0.409 e. The fourth-order valence-corrected chi connectivity index (χ4v) is 1.35. The first kappa shape index (κ1) is 11.2. The van der Waals surface area contributed by atoms with E-state index in [2.05, 4.69) is 10.6 Å². The third-order valence-corrected chi connectivity index (χ3v) is 2.23. The molecule has 0 amide bonds. The third-order valence-electron chi connectivity index (χ3n) is 2.23. The normalized spacial score (nSPS) is 22.2. The zero-order valence-electron chi connectivity index (χ0n) is 8.44. The van der Waals surface area contributed by atoms with Crippen LogP contribution in [0.1, 0.15) is 13.3 Å². The van der Waals surface area contributed by atoms with Crippen LogP contribution >= 0.6 is 0 Å². The number of ether oxygens (including phenoxy) is 1. The van der Waals surface area contributed by atoms with Crippen LogP contribution in [-0.4, -0.2) is 48.4 Å². The number of hydrogen-bond acceptors (Lipinski definition) is 5. The van der Waals surface area contributed by atoms with Crippen LogP contribution in [0.15, 0.2) is 5.16 Å². The summed E-state index contributed by atoms with van der Waals surface area (Å²) in [5, 5.41) is 13.6. The van der Waals surface area contributed by atoms with Crippen LogP contribution in [0.3, 0.4) is 0 Å². The lowest BCUT2D eigenvalue weighted by Crippen LogP contribution is -2.54. The van der Waals surface area contributed by atoms with Gasteiger partial charge in [0.15, 0.2) is 5.84 Å². The van der Waals surface area contributed by atoms with Crippen molar-refractivity contribution in [3.63, 3.8) is 0 Å². The molecule has 1 fully saturated rings. The number of morpholine rings is 1. The molecule has 1 saturated heterocycles. The summed E-state index contributed by atoms with van der Waals surface area (Å²) in [4.78, 5) is 0. The zero-order chi connectivity index (χ0) is 10.4. The molecular formula is C8H18N4O2. The highest BCUT2D eigenvalue weighted by molar-refractivity contribution is 5.85. The molecule has 4 N–H and O–H groups in total. The first-order chi connectivity index (χ1) is 6.77. The summed E-state index contributed by atoms with van der Waals surface area (Å²) in [5.74, 6) is 0.221. The maximum absolute atomic E-state index is 8.55. The molecule has 0 bridgehead atoms. The van der Waals surface area contributed by atoms with Crippen LogP contribution in [0, 0.1) is 0 Å². The van der Waals surface area contributed by atoms with Gasteiger partial charge in [0.25, 0.3) is 0 Å². The molecule has 1 aliphatic heterocycles. The molecular weight excluding hydrogens is 184 g/mol. The predicted molar refractivity (Wildman–Crippen MR) is 53.0 cm³/mol. The number of nitrogens with one attached hydrogen (secondary N) is 1. The van der Waals surface area contributed by atoms with Gasteiger partial charge in [0.1, 0.15) is 0 Å². The average Bonchev–Trinajstić information content (AvgIpc) is 2.26. The smallest absolute Gasteiger partial charge is 0.157 e. The minimum Gasteiger partial charge on any atom is -0.409 e. The SMILES string of the molecule is CCC(NN1CCOCC1)C(N)=NO. The second-order valence-corrected chi connectivity index (χ2v) is 3.21. The highest BCUT2D eigenvalue weighted by atomic mass is 16.5. The van der Waals surface area contributed by atoms with Crippen molar-refractivity contribution in [2.24, 2.45) is 10.9 Å². The van der Waals surface area contributed by atoms with Crippen molar-refractivity contribution in [3.8, 4) is 0 Å². The molecule has 0 radical (unpaired) electrons. The number of hydrogen-bond donors (Lipinski definition) is 3. The molecule has 14 heavy (non-hydrogen) atoms. The van der Waals surface area contributed by atoms with E-state index in [1.165, 1.54) is 0 Å². The number of oxime groups is 1. The fraction of sp³-hybridized carbons (Fsp3) is 0.875. The van der Waals surface area contributed by atoms with Gasteiger partial charge in [-0.25, -0.2) is 10.4 Å². The molecule has 1 rings (SSSR count). The van der Waals surface area contributed by atoms with Gasteiger partial charge in [-0.05, 0) is 6.42 Å². The quantitative estimate of drug-likeness (QED) is 0.244. The number of rotatable bonds is 4.